The lowest BCUT2D eigenvalue weighted by Crippen LogP contribution is -2.17. The van der Waals surface area contributed by atoms with E-state index in [2.05, 4.69) is 16.8 Å². The minimum absolute atomic E-state index is 0.0900. The summed E-state index contributed by atoms with van der Waals surface area (Å²) in [5.41, 5.74) is 0.302. The lowest BCUT2D eigenvalue weighted by molar-refractivity contribution is -0.137. The predicted molar refractivity (Wildman–Crippen MR) is 80.5 cm³/mol. The molecule has 1 aromatic carbocycles. The Hall–Kier alpha value is -1.33. The molecule has 1 nitrogen and oxygen atoms in total. The molecule has 0 amide bonds. The smallest absolute Gasteiger partial charge is 0.313 e. The number of hydrogen-bond acceptors (Lipinski definition) is 2. The first kappa shape index (κ1) is 16.0. The highest BCUT2D eigenvalue weighted by atomic mass is 32.1. The lowest BCUT2D eigenvalue weighted by Gasteiger charge is -2.17. The second kappa shape index (κ2) is 7.09. The van der Waals surface area contributed by atoms with Crippen molar-refractivity contribution in [2.45, 2.75) is 31.5 Å². The van der Waals surface area contributed by atoms with Crippen LogP contribution in [0.5, 0.6) is 0 Å². The molecule has 0 radical (unpaired) electrons. The Morgan fingerprint density at radius 1 is 1.14 bits per heavy atom. The van der Waals surface area contributed by atoms with Crippen LogP contribution in [0.2, 0.25) is 0 Å². The van der Waals surface area contributed by atoms with Crippen LogP contribution >= 0.6 is 11.3 Å². The van der Waals surface area contributed by atoms with E-state index >= 15 is 0 Å². The first-order valence-electron chi connectivity index (χ1n) is 6.87. The largest absolute Gasteiger partial charge is 0.416 e. The molecule has 2 aromatic rings. The molecular formula is C16H18F3NS. The Labute approximate surface area is 126 Å². The molecule has 0 bridgehead atoms. The van der Waals surface area contributed by atoms with Crippen molar-refractivity contribution in [2.75, 3.05) is 7.05 Å². The van der Waals surface area contributed by atoms with Gasteiger partial charge in [-0.2, -0.15) is 13.2 Å². The van der Waals surface area contributed by atoms with Crippen LogP contribution in [0.25, 0.3) is 0 Å². The first-order chi connectivity index (χ1) is 10.0. The highest BCUT2D eigenvalue weighted by Crippen LogP contribution is 2.30. The minimum Gasteiger partial charge on any atom is -0.313 e. The molecule has 2 rings (SSSR count). The van der Waals surface area contributed by atoms with Gasteiger partial charge in [0, 0.05) is 10.9 Å². The van der Waals surface area contributed by atoms with Crippen LogP contribution in [0, 0.1) is 0 Å². The van der Waals surface area contributed by atoms with Crippen molar-refractivity contribution in [1.29, 1.82) is 0 Å². The van der Waals surface area contributed by atoms with Crippen LogP contribution in [0.4, 0.5) is 13.2 Å². The minimum atomic E-state index is -4.27. The molecular weight excluding hydrogens is 295 g/mol. The van der Waals surface area contributed by atoms with Crippen molar-refractivity contribution in [3.05, 3.63) is 57.8 Å². The maximum absolute atomic E-state index is 12.5. The molecule has 0 aliphatic carbocycles. The van der Waals surface area contributed by atoms with Gasteiger partial charge >= 0.3 is 6.18 Å². The Morgan fingerprint density at radius 2 is 1.86 bits per heavy atom. The molecule has 0 saturated carbocycles. The van der Waals surface area contributed by atoms with Crippen molar-refractivity contribution >= 4 is 11.3 Å². The zero-order valence-electron chi connectivity index (χ0n) is 11.8. The molecule has 0 aliphatic heterocycles. The Balaban J connectivity index is 1.94. The van der Waals surface area contributed by atoms with Gasteiger partial charge in [-0.25, -0.2) is 0 Å². The first-order valence-corrected chi connectivity index (χ1v) is 7.75. The summed E-state index contributed by atoms with van der Waals surface area (Å²) in [7, 11) is 1.84. The number of aryl methyl sites for hydroxylation is 1. The quantitative estimate of drug-likeness (QED) is 0.787. The molecule has 1 atom stereocenters. The molecule has 1 unspecified atom stereocenters. The number of hydrogen-bond donors (Lipinski definition) is 1. The molecule has 1 N–H and O–H groups in total. The van der Waals surface area contributed by atoms with E-state index in [1.54, 1.807) is 23.5 Å². The van der Waals surface area contributed by atoms with Gasteiger partial charge < -0.3 is 5.32 Å². The molecule has 5 heteroatoms. The van der Waals surface area contributed by atoms with Gasteiger partial charge in [0.2, 0.25) is 0 Å². The predicted octanol–water partition coefficient (Wildman–Crippen LogP) is 5.05. The summed E-state index contributed by atoms with van der Waals surface area (Å²) in [5, 5.41) is 5.24. The molecule has 0 spiro atoms. The number of rotatable bonds is 6. The third-order valence-corrected chi connectivity index (χ3v) is 4.42. The Kier molecular flexibility index (Phi) is 5.42. The van der Waals surface area contributed by atoms with Crippen LogP contribution in [0.15, 0.2) is 41.8 Å². The van der Waals surface area contributed by atoms with Gasteiger partial charge in [-0.05, 0) is 55.5 Å². The van der Waals surface area contributed by atoms with Crippen molar-refractivity contribution in [1.82, 2.24) is 5.32 Å². The van der Waals surface area contributed by atoms with Gasteiger partial charge in [-0.1, -0.05) is 18.2 Å². The zero-order chi connectivity index (χ0) is 15.3. The normalized spacial score (nSPS) is 13.3. The van der Waals surface area contributed by atoms with Crippen LogP contribution < -0.4 is 5.32 Å². The number of benzene rings is 1. The SMILES string of the molecule is CNC(CCCc1cccs1)c1ccc(C(F)(F)F)cc1. The van der Waals surface area contributed by atoms with Crippen molar-refractivity contribution in [2.24, 2.45) is 0 Å². The van der Waals surface area contributed by atoms with Gasteiger partial charge in [0.05, 0.1) is 5.56 Å². The fraction of sp³-hybridized carbons (Fsp3) is 0.375. The van der Waals surface area contributed by atoms with Gasteiger partial charge in [-0.3, -0.25) is 0 Å². The summed E-state index contributed by atoms with van der Waals surface area (Å²) in [6, 6.07) is 9.66. The van der Waals surface area contributed by atoms with Gasteiger partial charge in [0.25, 0.3) is 0 Å². The topological polar surface area (TPSA) is 12.0 Å². The van der Waals surface area contributed by atoms with Gasteiger partial charge in [0.15, 0.2) is 0 Å². The van der Waals surface area contributed by atoms with Crippen molar-refractivity contribution in [3.63, 3.8) is 0 Å². The van der Waals surface area contributed by atoms with Crippen LogP contribution in [-0.2, 0) is 12.6 Å². The van der Waals surface area contributed by atoms with Crippen LogP contribution in [0.3, 0.4) is 0 Å². The van der Waals surface area contributed by atoms with E-state index in [-0.39, 0.29) is 6.04 Å². The van der Waals surface area contributed by atoms with E-state index in [1.807, 2.05) is 13.1 Å². The third kappa shape index (κ3) is 4.58. The van der Waals surface area contributed by atoms with Crippen molar-refractivity contribution < 1.29 is 13.2 Å². The second-order valence-electron chi connectivity index (χ2n) is 4.93. The second-order valence-corrected chi connectivity index (χ2v) is 5.96. The summed E-state index contributed by atoms with van der Waals surface area (Å²) >= 11 is 1.74. The van der Waals surface area contributed by atoms with Crippen molar-refractivity contribution in [3.8, 4) is 0 Å². The van der Waals surface area contributed by atoms with E-state index in [0.29, 0.717) is 0 Å². The number of nitrogens with one attached hydrogen (secondary N) is 1. The molecule has 1 heterocycles. The van der Waals surface area contributed by atoms with E-state index in [0.717, 1.165) is 37.0 Å². The highest BCUT2D eigenvalue weighted by Gasteiger charge is 2.30. The molecule has 1 aromatic heterocycles. The average Bonchev–Trinajstić information content (AvgIpc) is 2.96. The van der Waals surface area contributed by atoms with E-state index in [9.17, 15) is 13.2 Å². The summed E-state index contributed by atoms with van der Waals surface area (Å²) in [4.78, 5) is 1.34. The highest BCUT2D eigenvalue weighted by molar-refractivity contribution is 7.09. The summed E-state index contributed by atoms with van der Waals surface area (Å²) < 4.78 is 37.6. The van der Waals surface area contributed by atoms with Crippen LogP contribution in [0.1, 0.15) is 34.9 Å². The Bertz CT molecular complexity index is 532. The third-order valence-electron chi connectivity index (χ3n) is 3.48. The molecule has 21 heavy (non-hydrogen) atoms. The summed E-state index contributed by atoms with van der Waals surface area (Å²) in [6.45, 7) is 0. The van der Waals surface area contributed by atoms with Gasteiger partial charge in [0.1, 0.15) is 0 Å². The molecule has 114 valence electrons. The summed E-state index contributed by atoms with van der Waals surface area (Å²) in [6.07, 6.45) is -1.35. The number of alkyl halides is 3. The fourth-order valence-corrected chi connectivity index (χ4v) is 3.07. The monoisotopic (exact) mass is 313 g/mol. The van der Waals surface area contributed by atoms with E-state index in [4.69, 9.17) is 0 Å². The summed E-state index contributed by atoms with van der Waals surface area (Å²) in [5.74, 6) is 0. The Morgan fingerprint density at radius 3 is 2.38 bits per heavy atom. The van der Waals surface area contributed by atoms with E-state index in [1.165, 1.54) is 4.88 Å². The standard InChI is InChI=1S/C16H18F3NS/c1-20-15(6-2-4-14-5-3-11-21-14)12-7-9-13(10-8-12)16(17,18)19/h3,5,7-11,15,20H,2,4,6H2,1H3. The maximum Gasteiger partial charge on any atom is 0.416 e. The van der Waals surface area contributed by atoms with Crippen LogP contribution in [-0.4, -0.2) is 7.05 Å². The maximum atomic E-state index is 12.5. The van der Waals surface area contributed by atoms with Gasteiger partial charge in [-0.15, -0.1) is 11.3 Å². The fourth-order valence-electron chi connectivity index (χ4n) is 2.32. The van der Waals surface area contributed by atoms with E-state index < -0.39 is 11.7 Å². The molecule has 0 aliphatic rings. The molecule has 0 saturated heterocycles. The lowest BCUT2D eigenvalue weighted by atomic mass is 9.99. The number of thiophene rings is 1. The molecule has 0 fully saturated rings. The average molecular weight is 313 g/mol. The number of halogens is 3. The zero-order valence-corrected chi connectivity index (χ0v) is 12.6.